The van der Waals surface area contributed by atoms with Crippen LogP contribution in [-0.4, -0.2) is 42.3 Å². The van der Waals surface area contributed by atoms with Gasteiger partial charge < -0.3 is 20.9 Å². The Morgan fingerprint density at radius 1 is 1.61 bits per heavy atom. The summed E-state index contributed by atoms with van der Waals surface area (Å²) in [5.41, 5.74) is 4.74. The Kier molecular flexibility index (Phi) is 4.70. The summed E-state index contributed by atoms with van der Waals surface area (Å²) in [5.74, 6) is -1.22. The molecule has 0 spiro atoms. The molecule has 0 radical (unpaired) electrons. The van der Waals surface area contributed by atoms with Gasteiger partial charge in [-0.05, 0) is 12.8 Å². The normalized spacial score (nSPS) is 30.8. The molecule has 1 aliphatic heterocycles. The molecule has 1 heterocycles. The highest BCUT2D eigenvalue weighted by atomic mass is 16.5. The fraction of sp³-hybridized carbons (Fsp3) is 0.833. The van der Waals surface area contributed by atoms with E-state index in [1.165, 1.54) is 0 Å². The molecule has 3 unspecified atom stereocenters. The third-order valence-electron chi connectivity index (χ3n) is 3.82. The summed E-state index contributed by atoms with van der Waals surface area (Å²) in [5, 5.41) is 11.9. The largest absolute Gasteiger partial charge is 0.481 e. The summed E-state index contributed by atoms with van der Waals surface area (Å²) in [6, 6.07) is -1.15. The Bertz CT molecular complexity index is 334. The Morgan fingerprint density at radius 3 is 2.72 bits per heavy atom. The molecule has 1 aliphatic rings. The van der Waals surface area contributed by atoms with Crippen LogP contribution < -0.4 is 11.1 Å². The monoisotopic (exact) mass is 258 g/mol. The van der Waals surface area contributed by atoms with Crippen LogP contribution in [0.4, 0.5) is 0 Å². The molecule has 0 saturated carbocycles. The fourth-order valence-electron chi connectivity index (χ4n) is 1.87. The van der Waals surface area contributed by atoms with E-state index in [-0.39, 0.29) is 25.0 Å². The molecule has 18 heavy (non-hydrogen) atoms. The van der Waals surface area contributed by atoms with Crippen LogP contribution in [0.15, 0.2) is 0 Å². The highest BCUT2D eigenvalue weighted by molar-refractivity contribution is 5.84. The van der Waals surface area contributed by atoms with Gasteiger partial charge in [-0.15, -0.1) is 0 Å². The maximum atomic E-state index is 11.9. The molecule has 6 heteroatoms. The van der Waals surface area contributed by atoms with Crippen molar-refractivity contribution in [2.24, 2.45) is 17.1 Å². The molecule has 0 aromatic rings. The van der Waals surface area contributed by atoms with Gasteiger partial charge in [0.05, 0.1) is 25.3 Å². The first-order chi connectivity index (χ1) is 8.32. The van der Waals surface area contributed by atoms with Crippen LogP contribution in [0.5, 0.6) is 0 Å². The van der Waals surface area contributed by atoms with Crippen LogP contribution in [0.2, 0.25) is 0 Å². The van der Waals surface area contributed by atoms with Crippen LogP contribution in [0.25, 0.3) is 0 Å². The predicted molar refractivity (Wildman–Crippen MR) is 65.9 cm³/mol. The first-order valence-electron chi connectivity index (χ1n) is 6.20. The maximum absolute atomic E-state index is 11.9. The lowest BCUT2D eigenvalue weighted by Crippen LogP contribution is -2.54. The molecule has 1 rings (SSSR count). The van der Waals surface area contributed by atoms with Crippen molar-refractivity contribution in [1.82, 2.24) is 5.32 Å². The van der Waals surface area contributed by atoms with Crippen molar-refractivity contribution in [1.29, 1.82) is 0 Å². The maximum Gasteiger partial charge on any atom is 0.313 e. The molecular formula is C12H22N2O4. The molecule has 0 bridgehead atoms. The van der Waals surface area contributed by atoms with Crippen LogP contribution in [-0.2, 0) is 14.3 Å². The number of carbonyl (C=O) groups is 2. The number of carboxylic acids is 1. The van der Waals surface area contributed by atoms with E-state index >= 15 is 0 Å². The zero-order valence-electron chi connectivity index (χ0n) is 11.1. The molecule has 4 atom stereocenters. The number of rotatable bonds is 5. The van der Waals surface area contributed by atoms with Crippen molar-refractivity contribution < 1.29 is 19.4 Å². The van der Waals surface area contributed by atoms with E-state index in [0.717, 1.165) is 6.42 Å². The van der Waals surface area contributed by atoms with Gasteiger partial charge >= 0.3 is 5.97 Å². The van der Waals surface area contributed by atoms with Gasteiger partial charge in [0.2, 0.25) is 5.91 Å². The predicted octanol–water partition coefficient (Wildman–Crippen LogP) is -0.0343. The minimum Gasteiger partial charge on any atom is -0.481 e. The zero-order chi connectivity index (χ0) is 13.9. The number of nitrogens with one attached hydrogen (secondary N) is 1. The second kappa shape index (κ2) is 5.67. The molecule has 0 aliphatic carbocycles. The SMILES string of the molecule is CCC(C)[C@@H](N)C(=O)NC1COCC1(C)C(=O)O. The smallest absolute Gasteiger partial charge is 0.313 e. The van der Waals surface area contributed by atoms with Gasteiger partial charge in [0.15, 0.2) is 0 Å². The molecule has 6 nitrogen and oxygen atoms in total. The summed E-state index contributed by atoms with van der Waals surface area (Å²) in [6.45, 7) is 5.74. The van der Waals surface area contributed by atoms with Gasteiger partial charge in [-0.3, -0.25) is 9.59 Å². The van der Waals surface area contributed by atoms with Crippen molar-refractivity contribution in [3.63, 3.8) is 0 Å². The summed E-state index contributed by atoms with van der Waals surface area (Å²) < 4.78 is 5.17. The highest BCUT2D eigenvalue weighted by Gasteiger charge is 2.47. The number of aliphatic carboxylic acids is 1. The first kappa shape index (κ1) is 14.9. The van der Waals surface area contributed by atoms with Crippen LogP contribution in [0.3, 0.4) is 0 Å². The van der Waals surface area contributed by atoms with E-state index in [1.54, 1.807) is 6.92 Å². The Morgan fingerprint density at radius 2 is 2.22 bits per heavy atom. The van der Waals surface area contributed by atoms with Crippen LogP contribution in [0, 0.1) is 11.3 Å². The van der Waals surface area contributed by atoms with Gasteiger partial charge in [-0.25, -0.2) is 0 Å². The minimum absolute atomic E-state index is 0.0587. The second-order valence-corrected chi connectivity index (χ2v) is 5.21. The first-order valence-corrected chi connectivity index (χ1v) is 6.20. The van der Waals surface area contributed by atoms with Gasteiger partial charge in [-0.2, -0.15) is 0 Å². The Labute approximate surface area is 107 Å². The Balaban J connectivity index is 2.67. The highest BCUT2D eigenvalue weighted by Crippen LogP contribution is 2.28. The molecule has 1 fully saturated rings. The third-order valence-corrected chi connectivity index (χ3v) is 3.82. The molecule has 0 aromatic carbocycles. The fourth-order valence-corrected chi connectivity index (χ4v) is 1.87. The molecule has 104 valence electrons. The zero-order valence-corrected chi connectivity index (χ0v) is 11.1. The number of hydrogen-bond donors (Lipinski definition) is 3. The lowest BCUT2D eigenvalue weighted by molar-refractivity contribution is -0.149. The lowest BCUT2D eigenvalue weighted by atomic mass is 9.85. The average Bonchev–Trinajstić information content (AvgIpc) is 2.70. The molecule has 0 aromatic heterocycles. The molecule has 4 N–H and O–H groups in total. The van der Waals surface area contributed by atoms with Crippen molar-refractivity contribution >= 4 is 11.9 Å². The standard InChI is InChI=1S/C12H22N2O4/c1-4-7(2)9(13)10(15)14-8-5-18-6-12(8,3)11(16)17/h7-9H,4-6,13H2,1-3H3,(H,14,15)(H,16,17)/t7?,8?,9-,12?/m1/s1. The van der Waals surface area contributed by atoms with E-state index in [2.05, 4.69) is 5.32 Å². The van der Waals surface area contributed by atoms with E-state index in [9.17, 15) is 14.7 Å². The van der Waals surface area contributed by atoms with Crippen molar-refractivity contribution in [3.8, 4) is 0 Å². The van der Waals surface area contributed by atoms with Gasteiger partial charge in [0.25, 0.3) is 0 Å². The molecular weight excluding hydrogens is 236 g/mol. The van der Waals surface area contributed by atoms with Crippen LogP contribution >= 0.6 is 0 Å². The van der Waals surface area contributed by atoms with E-state index < -0.39 is 23.5 Å². The molecule has 1 amide bonds. The van der Waals surface area contributed by atoms with Gasteiger partial charge in [-0.1, -0.05) is 20.3 Å². The van der Waals surface area contributed by atoms with Crippen molar-refractivity contribution in [3.05, 3.63) is 0 Å². The average molecular weight is 258 g/mol. The van der Waals surface area contributed by atoms with E-state index in [1.807, 2.05) is 13.8 Å². The van der Waals surface area contributed by atoms with Crippen LogP contribution in [0.1, 0.15) is 27.2 Å². The number of ether oxygens (including phenoxy) is 1. The number of hydrogen-bond acceptors (Lipinski definition) is 4. The number of amides is 1. The second-order valence-electron chi connectivity index (χ2n) is 5.21. The number of carbonyl (C=O) groups excluding carboxylic acids is 1. The van der Waals surface area contributed by atoms with Gasteiger partial charge in [0.1, 0.15) is 5.41 Å². The number of carboxylic acid groups (broad SMARTS) is 1. The minimum atomic E-state index is -1.08. The quantitative estimate of drug-likeness (QED) is 0.642. The summed E-state index contributed by atoms with van der Waals surface area (Å²) >= 11 is 0. The lowest BCUT2D eigenvalue weighted by Gasteiger charge is -2.27. The molecule has 1 saturated heterocycles. The summed E-state index contributed by atoms with van der Waals surface area (Å²) in [7, 11) is 0. The van der Waals surface area contributed by atoms with Gasteiger partial charge in [0, 0.05) is 0 Å². The van der Waals surface area contributed by atoms with Crippen molar-refractivity contribution in [2.75, 3.05) is 13.2 Å². The summed E-state index contributed by atoms with van der Waals surface area (Å²) in [4.78, 5) is 23.1. The van der Waals surface area contributed by atoms with E-state index in [4.69, 9.17) is 10.5 Å². The third kappa shape index (κ3) is 2.81. The topological polar surface area (TPSA) is 102 Å². The van der Waals surface area contributed by atoms with Crippen molar-refractivity contribution in [2.45, 2.75) is 39.3 Å². The summed E-state index contributed by atoms with van der Waals surface area (Å²) in [6.07, 6.45) is 0.798. The Hall–Kier alpha value is -1.14. The number of nitrogens with two attached hydrogens (primary N) is 1. The van der Waals surface area contributed by atoms with E-state index in [0.29, 0.717) is 0 Å².